The van der Waals surface area contributed by atoms with E-state index in [-0.39, 0.29) is 12.5 Å². The van der Waals surface area contributed by atoms with E-state index in [1.54, 1.807) is 42.7 Å². The number of nitrogens with zero attached hydrogens (tertiary/aromatic N) is 4. The summed E-state index contributed by atoms with van der Waals surface area (Å²) in [4.78, 5) is 22.4. The summed E-state index contributed by atoms with van der Waals surface area (Å²) in [7, 11) is 0. The highest BCUT2D eigenvalue weighted by Gasteiger charge is 2.11. The maximum atomic E-state index is 12.4. The molecule has 1 amide bonds. The molecule has 0 aliphatic carbocycles. The van der Waals surface area contributed by atoms with Gasteiger partial charge < -0.3 is 9.84 Å². The third-order valence-corrected chi connectivity index (χ3v) is 5.24. The van der Waals surface area contributed by atoms with Gasteiger partial charge in [0.2, 0.25) is 11.7 Å². The molecule has 0 spiro atoms. The first kappa shape index (κ1) is 19.4. The summed E-state index contributed by atoms with van der Waals surface area (Å²) in [6, 6.07) is 20.3. The first-order valence-electron chi connectivity index (χ1n) is 9.01. The van der Waals surface area contributed by atoms with Gasteiger partial charge in [0.25, 0.3) is 5.91 Å². The van der Waals surface area contributed by atoms with Crippen molar-refractivity contribution < 1.29 is 9.32 Å². The van der Waals surface area contributed by atoms with E-state index in [9.17, 15) is 10.1 Å². The Kier molecular flexibility index (Phi) is 5.83. The molecule has 2 heterocycles. The summed E-state index contributed by atoms with van der Waals surface area (Å²) in [5, 5.41) is 15.9. The Balaban J connectivity index is 1.36. The molecule has 0 bridgehead atoms. The Hall–Kier alpha value is -3.96. The van der Waals surface area contributed by atoms with Gasteiger partial charge in [-0.1, -0.05) is 29.1 Å². The smallest absolute Gasteiger partial charge is 0.251 e. The number of hydrogen-bond acceptors (Lipinski definition) is 7. The van der Waals surface area contributed by atoms with Gasteiger partial charge in [-0.05, 0) is 48.5 Å². The predicted molar refractivity (Wildman–Crippen MR) is 110 cm³/mol. The third-order valence-electron chi connectivity index (χ3n) is 4.16. The molecule has 0 saturated heterocycles. The summed E-state index contributed by atoms with van der Waals surface area (Å²) in [6.45, 7) is 0.128. The lowest BCUT2D eigenvalue weighted by atomic mass is 10.2. The molecule has 4 aromatic rings. The van der Waals surface area contributed by atoms with Gasteiger partial charge in [0.1, 0.15) is 6.07 Å². The molecular weight excluding hydrogens is 398 g/mol. The van der Waals surface area contributed by atoms with Crippen LogP contribution in [0, 0.1) is 11.3 Å². The van der Waals surface area contributed by atoms with E-state index in [0.717, 1.165) is 15.4 Å². The Morgan fingerprint density at radius 2 is 1.83 bits per heavy atom. The number of hydrogen-bond donors (Lipinski definition) is 1. The van der Waals surface area contributed by atoms with Crippen LogP contribution in [0.4, 0.5) is 0 Å². The molecule has 8 heteroatoms. The fraction of sp³-hybridized carbons (Fsp3) is 0.0455. The number of benzene rings is 2. The third kappa shape index (κ3) is 4.54. The Labute approximate surface area is 176 Å². The molecule has 4 rings (SSSR count). The first-order valence-corrected chi connectivity index (χ1v) is 9.83. The van der Waals surface area contributed by atoms with Gasteiger partial charge >= 0.3 is 0 Å². The zero-order chi connectivity index (χ0) is 20.8. The van der Waals surface area contributed by atoms with Crippen molar-refractivity contribution in [1.29, 1.82) is 5.26 Å². The molecule has 7 nitrogen and oxygen atoms in total. The van der Waals surface area contributed by atoms with Crippen LogP contribution in [-0.4, -0.2) is 21.0 Å². The number of nitrogens with one attached hydrogen (secondary N) is 1. The molecule has 146 valence electrons. The molecule has 30 heavy (non-hydrogen) atoms. The first-order chi connectivity index (χ1) is 14.7. The number of carbonyl (C=O) groups excluding carboxylic acids is 1. The van der Waals surface area contributed by atoms with Crippen molar-refractivity contribution >= 4 is 17.7 Å². The minimum atomic E-state index is -0.243. The van der Waals surface area contributed by atoms with Crippen molar-refractivity contribution in [2.75, 3.05) is 0 Å². The average Bonchev–Trinajstić information content (AvgIpc) is 3.28. The van der Waals surface area contributed by atoms with Crippen LogP contribution < -0.4 is 5.32 Å². The van der Waals surface area contributed by atoms with Gasteiger partial charge in [0.15, 0.2) is 0 Å². The highest BCUT2D eigenvalue weighted by Crippen LogP contribution is 2.30. The topological polar surface area (TPSA) is 105 Å². The van der Waals surface area contributed by atoms with E-state index >= 15 is 0 Å². The van der Waals surface area contributed by atoms with E-state index in [0.29, 0.717) is 22.8 Å². The van der Waals surface area contributed by atoms with Crippen LogP contribution in [0.2, 0.25) is 0 Å². The van der Waals surface area contributed by atoms with Crippen LogP contribution in [0.25, 0.3) is 11.4 Å². The lowest BCUT2D eigenvalue weighted by molar-refractivity contribution is 0.0946. The zero-order valence-electron chi connectivity index (χ0n) is 15.6. The van der Waals surface area contributed by atoms with Crippen LogP contribution in [0.5, 0.6) is 0 Å². The lowest BCUT2D eigenvalue weighted by Gasteiger charge is -2.06. The number of amides is 1. The van der Waals surface area contributed by atoms with Gasteiger partial charge in [0, 0.05) is 33.3 Å². The summed E-state index contributed by atoms with van der Waals surface area (Å²) in [6.07, 6.45) is 3.29. The number of pyridine rings is 1. The van der Waals surface area contributed by atoms with Crippen LogP contribution in [0.1, 0.15) is 21.8 Å². The highest BCUT2D eigenvalue weighted by atomic mass is 32.2. The Bertz CT molecular complexity index is 1200. The fourth-order valence-corrected chi connectivity index (χ4v) is 3.55. The van der Waals surface area contributed by atoms with Crippen molar-refractivity contribution in [1.82, 2.24) is 20.4 Å². The van der Waals surface area contributed by atoms with Crippen molar-refractivity contribution in [3.05, 3.63) is 90.1 Å². The van der Waals surface area contributed by atoms with Gasteiger partial charge in [-0.3, -0.25) is 9.78 Å². The molecule has 0 aliphatic rings. The molecule has 0 unspecified atom stereocenters. The van der Waals surface area contributed by atoms with Crippen LogP contribution in [0.3, 0.4) is 0 Å². The largest absolute Gasteiger partial charge is 0.343 e. The standard InChI is InChI=1S/C22H15N5O2S/c23-13-17-3-1-2-4-19(17)30-18-7-5-16(6-8-18)22(28)25-14-20-26-21(27-29-20)15-9-11-24-12-10-15/h1-12H,14H2,(H,25,28). The highest BCUT2D eigenvalue weighted by molar-refractivity contribution is 7.99. The second kappa shape index (κ2) is 9.03. The average molecular weight is 413 g/mol. The molecule has 0 radical (unpaired) electrons. The van der Waals surface area contributed by atoms with E-state index in [1.807, 2.05) is 30.3 Å². The monoisotopic (exact) mass is 413 g/mol. The maximum absolute atomic E-state index is 12.4. The Morgan fingerprint density at radius 3 is 2.60 bits per heavy atom. The van der Waals surface area contributed by atoms with Crippen molar-refractivity contribution in [2.45, 2.75) is 16.3 Å². The molecule has 0 aliphatic heterocycles. The van der Waals surface area contributed by atoms with Crippen LogP contribution in [-0.2, 0) is 6.54 Å². The fourth-order valence-electron chi connectivity index (χ4n) is 2.65. The van der Waals surface area contributed by atoms with E-state index in [2.05, 4.69) is 26.5 Å². The van der Waals surface area contributed by atoms with Gasteiger partial charge in [-0.2, -0.15) is 10.2 Å². The van der Waals surface area contributed by atoms with Gasteiger partial charge in [-0.25, -0.2) is 0 Å². The molecule has 0 fully saturated rings. The van der Waals surface area contributed by atoms with E-state index in [4.69, 9.17) is 4.52 Å². The molecule has 0 atom stereocenters. The SMILES string of the molecule is N#Cc1ccccc1Sc1ccc(C(=O)NCc2nc(-c3ccncc3)no2)cc1. The quantitative estimate of drug-likeness (QED) is 0.508. The molecule has 2 aromatic carbocycles. The lowest BCUT2D eigenvalue weighted by Crippen LogP contribution is -2.22. The zero-order valence-corrected chi connectivity index (χ0v) is 16.5. The molecule has 2 aromatic heterocycles. The van der Waals surface area contributed by atoms with Crippen LogP contribution >= 0.6 is 11.8 Å². The summed E-state index contributed by atoms with van der Waals surface area (Å²) >= 11 is 1.48. The van der Waals surface area contributed by atoms with Crippen LogP contribution in [0.15, 0.2) is 87.4 Å². The van der Waals surface area contributed by atoms with Gasteiger partial charge in [-0.15, -0.1) is 0 Å². The van der Waals surface area contributed by atoms with E-state index in [1.165, 1.54) is 11.8 Å². The molecular formula is C22H15N5O2S. The van der Waals surface area contributed by atoms with E-state index < -0.39 is 0 Å². The summed E-state index contributed by atoms with van der Waals surface area (Å²) in [5.74, 6) is 0.517. The number of aromatic nitrogens is 3. The number of nitriles is 1. The predicted octanol–water partition coefficient (Wildman–Crippen LogP) is 4.08. The molecule has 0 saturated carbocycles. The normalized spacial score (nSPS) is 10.4. The van der Waals surface area contributed by atoms with Crippen molar-refractivity contribution in [3.63, 3.8) is 0 Å². The number of carbonyl (C=O) groups is 1. The van der Waals surface area contributed by atoms with Crippen molar-refractivity contribution in [3.8, 4) is 17.5 Å². The van der Waals surface area contributed by atoms with Gasteiger partial charge in [0.05, 0.1) is 12.1 Å². The number of rotatable bonds is 6. The summed E-state index contributed by atoms with van der Waals surface area (Å²) < 4.78 is 5.19. The maximum Gasteiger partial charge on any atom is 0.251 e. The summed E-state index contributed by atoms with van der Waals surface area (Å²) in [5.41, 5.74) is 1.93. The molecule has 1 N–H and O–H groups in total. The van der Waals surface area contributed by atoms with Crippen molar-refractivity contribution in [2.24, 2.45) is 0 Å². The minimum Gasteiger partial charge on any atom is -0.343 e. The second-order valence-electron chi connectivity index (χ2n) is 6.16. The Morgan fingerprint density at radius 1 is 1.07 bits per heavy atom. The minimum absolute atomic E-state index is 0.128. The second-order valence-corrected chi connectivity index (χ2v) is 7.28.